The fourth-order valence-corrected chi connectivity index (χ4v) is 3.12. The zero-order chi connectivity index (χ0) is 22.5. The molecule has 7 heteroatoms. The summed E-state index contributed by atoms with van der Waals surface area (Å²) in [6.07, 6.45) is 0.231. The average molecular weight is 430 g/mol. The normalized spacial score (nSPS) is 12.2. The monoisotopic (exact) mass is 429 g/mol. The number of nitriles is 1. The van der Waals surface area contributed by atoms with Gasteiger partial charge in [-0.15, -0.1) is 0 Å². The second-order valence-electron chi connectivity index (χ2n) is 7.84. The van der Waals surface area contributed by atoms with Crippen molar-refractivity contribution in [3.05, 3.63) is 51.8 Å². The van der Waals surface area contributed by atoms with Crippen molar-refractivity contribution in [3.63, 3.8) is 0 Å². The predicted molar refractivity (Wildman–Crippen MR) is 118 cm³/mol. The van der Waals surface area contributed by atoms with E-state index in [0.717, 1.165) is 5.56 Å². The molecule has 2 rings (SSSR count). The quantitative estimate of drug-likeness (QED) is 0.252. The van der Waals surface area contributed by atoms with Crippen LogP contribution >= 0.6 is 11.6 Å². The van der Waals surface area contributed by atoms with Gasteiger partial charge in [0.15, 0.2) is 5.76 Å². The van der Waals surface area contributed by atoms with Gasteiger partial charge in [0.05, 0.1) is 10.7 Å². The van der Waals surface area contributed by atoms with Crippen LogP contribution in [0.3, 0.4) is 0 Å². The second kappa shape index (κ2) is 9.82. The third-order valence-electron chi connectivity index (χ3n) is 4.66. The zero-order valence-corrected chi connectivity index (χ0v) is 19.1. The number of benzene rings is 1. The van der Waals surface area contributed by atoms with Gasteiger partial charge in [-0.05, 0) is 30.4 Å². The molecule has 0 aliphatic heterocycles. The summed E-state index contributed by atoms with van der Waals surface area (Å²) in [7, 11) is 0. The minimum Gasteiger partial charge on any atom is -0.454 e. The van der Waals surface area contributed by atoms with Crippen LogP contribution in [0.5, 0.6) is 0 Å². The summed E-state index contributed by atoms with van der Waals surface area (Å²) >= 11 is 6.52. The van der Waals surface area contributed by atoms with Crippen molar-refractivity contribution in [2.75, 3.05) is 6.79 Å². The predicted octanol–water partition coefficient (Wildman–Crippen LogP) is 5.48. The van der Waals surface area contributed by atoms with Crippen LogP contribution in [0.15, 0.2) is 24.3 Å². The first-order chi connectivity index (χ1) is 14.1. The van der Waals surface area contributed by atoms with Gasteiger partial charge in [-0.1, -0.05) is 63.6 Å². The summed E-state index contributed by atoms with van der Waals surface area (Å²) in [6.45, 7) is 12.0. The molecule has 0 radical (unpaired) electrons. The molecule has 0 fully saturated rings. The van der Waals surface area contributed by atoms with Gasteiger partial charge in [-0.25, -0.2) is 0 Å². The van der Waals surface area contributed by atoms with Crippen LogP contribution in [0.4, 0.5) is 0 Å². The van der Waals surface area contributed by atoms with Crippen LogP contribution in [-0.4, -0.2) is 22.5 Å². The van der Waals surface area contributed by atoms with Crippen LogP contribution in [0.25, 0.3) is 11.3 Å². The van der Waals surface area contributed by atoms with Crippen LogP contribution in [0, 0.1) is 18.3 Å². The van der Waals surface area contributed by atoms with E-state index in [2.05, 4.69) is 31.9 Å². The maximum Gasteiger partial charge on any atom is 0.308 e. The van der Waals surface area contributed by atoms with E-state index in [-0.39, 0.29) is 24.4 Å². The van der Waals surface area contributed by atoms with Crippen LogP contribution < -0.4 is 0 Å². The molecule has 1 aromatic heterocycles. The van der Waals surface area contributed by atoms with E-state index >= 15 is 0 Å². The van der Waals surface area contributed by atoms with Crippen molar-refractivity contribution >= 4 is 28.9 Å². The summed E-state index contributed by atoms with van der Waals surface area (Å²) in [5.41, 5.74) is 3.22. The molecule has 0 bridgehead atoms. The summed E-state index contributed by atoms with van der Waals surface area (Å²) < 4.78 is 12.6. The van der Waals surface area contributed by atoms with Crippen LogP contribution in [0.2, 0.25) is 5.02 Å². The number of nitrogens with zero attached hydrogens (tertiary/aromatic N) is 3. The van der Waals surface area contributed by atoms with E-state index in [1.54, 1.807) is 18.5 Å². The van der Waals surface area contributed by atoms with Gasteiger partial charge in [-0.3, -0.25) is 9.48 Å². The van der Waals surface area contributed by atoms with Crippen LogP contribution in [0.1, 0.15) is 63.6 Å². The first-order valence-corrected chi connectivity index (χ1v) is 10.3. The standard InChI is InChI=1S/C23H28ClN3O3/c1-7-19(28)29-14-30-22(21-20(24)15(3)26-27(21)8-2)18(13-25)16-9-11-17(12-10-16)23(4,5)6/h9-12H,7-8,14H2,1-6H3/b22-18-. The third kappa shape index (κ3) is 5.22. The Morgan fingerprint density at radius 2 is 1.83 bits per heavy atom. The first-order valence-electron chi connectivity index (χ1n) is 9.90. The molecule has 0 amide bonds. The third-order valence-corrected chi connectivity index (χ3v) is 5.11. The van der Waals surface area contributed by atoms with E-state index in [1.165, 1.54) is 0 Å². The molecule has 0 spiro atoms. The lowest BCUT2D eigenvalue weighted by Crippen LogP contribution is -2.12. The summed E-state index contributed by atoms with van der Waals surface area (Å²) in [6, 6.07) is 9.98. The Morgan fingerprint density at radius 3 is 2.33 bits per heavy atom. The van der Waals surface area contributed by atoms with Crippen molar-refractivity contribution in [3.8, 4) is 6.07 Å². The lowest BCUT2D eigenvalue weighted by molar-refractivity contribution is -0.151. The minimum absolute atomic E-state index is 0.00994. The lowest BCUT2D eigenvalue weighted by atomic mass is 9.86. The number of esters is 1. The molecule has 0 N–H and O–H groups in total. The number of allylic oxidation sites excluding steroid dienone is 1. The highest BCUT2D eigenvalue weighted by Gasteiger charge is 2.24. The number of ether oxygens (including phenoxy) is 2. The first kappa shape index (κ1) is 23.5. The molecule has 0 saturated carbocycles. The van der Waals surface area contributed by atoms with Gasteiger partial charge in [-0.2, -0.15) is 10.4 Å². The van der Waals surface area contributed by atoms with Gasteiger partial charge in [0.1, 0.15) is 17.3 Å². The van der Waals surface area contributed by atoms with E-state index in [9.17, 15) is 10.1 Å². The van der Waals surface area contributed by atoms with Gasteiger partial charge in [0.2, 0.25) is 6.79 Å². The number of hydrogen-bond donors (Lipinski definition) is 0. The molecular formula is C23H28ClN3O3. The smallest absolute Gasteiger partial charge is 0.308 e. The molecule has 30 heavy (non-hydrogen) atoms. The Bertz CT molecular complexity index is 977. The number of rotatable bonds is 7. The highest BCUT2D eigenvalue weighted by molar-refractivity contribution is 6.33. The van der Waals surface area contributed by atoms with Crippen molar-refractivity contribution < 1.29 is 14.3 Å². The number of hydrogen-bond acceptors (Lipinski definition) is 5. The highest BCUT2D eigenvalue weighted by atomic mass is 35.5. The molecular weight excluding hydrogens is 402 g/mol. The van der Waals surface area contributed by atoms with Crippen molar-refractivity contribution in [1.29, 1.82) is 5.26 Å². The number of aryl methyl sites for hydroxylation is 2. The summed E-state index contributed by atoms with van der Waals surface area (Å²) in [5.74, 6) is -0.161. The molecule has 6 nitrogen and oxygen atoms in total. The van der Waals surface area contributed by atoms with Crippen molar-refractivity contribution in [2.24, 2.45) is 0 Å². The van der Waals surface area contributed by atoms with E-state index in [4.69, 9.17) is 21.1 Å². The van der Waals surface area contributed by atoms with Crippen molar-refractivity contribution in [2.45, 2.75) is 59.9 Å². The Morgan fingerprint density at radius 1 is 1.20 bits per heavy atom. The summed E-state index contributed by atoms with van der Waals surface area (Å²) in [4.78, 5) is 11.5. The largest absolute Gasteiger partial charge is 0.454 e. The Hall–Kier alpha value is -2.78. The van der Waals surface area contributed by atoms with E-state index in [1.807, 2.05) is 31.2 Å². The van der Waals surface area contributed by atoms with Gasteiger partial charge >= 0.3 is 5.97 Å². The molecule has 0 saturated heterocycles. The van der Waals surface area contributed by atoms with Gasteiger partial charge in [0, 0.05) is 13.0 Å². The number of carbonyl (C=O) groups excluding carboxylic acids is 1. The fourth-order valence-electron chi connectivity index (χ4n) is 2.90. The van der Waals surface area contributed by atoms with E-state index < -0.39 is 5.97 Å². The molecule has 160 valence electrons. The maximum absolute atomic E-state index is 11.5. The minimum atomic E-state index is -0.395. The van der Waals surface area contributed by atoms with Gasteiger partial charge < -0.3 is 9.47 Å². The van der Waals surface area contributed by atoms with Crippen molar-refractivity contribution in [1.82, 2.24) is 9.78 Å². The van der Waals surface area contributed by atoms with Gasteiger partial charge in [0.25, 0.3) is 0 Å². The highest BCUT2D eigenvalue weighted by Crippen LogP contribution is 2.34. The molecule has 1 heterocycles. The average Bonchev–Trinajstić information content (AvgIpc) is 3.00. The SMILES string of the molecule is CCC(=O)OCO/C(=C(/C#N)c1ccc(C(C)(C)C)cc1)c1c(Cl)c(C)nn1CC. The van der Waals surface area contributed by atoms with Crippen LogP contribution in [-0.2, 0) is 26.2 Å². The van der Waals surface area contributed by atoms with E-state index in [0.29, 0.717) is 34.1 Å². The zero-order valence-electron chi connectivity index (χ0n) is 18.4. The molecule has 0 aliphatic carbocycles. The molecule has 1 aromatic carbocycles. The molecule has 2 aromatic rings. The molecule has 0 unspecified atom stereocenters. The maximum atomic E-state index is 11.5. The number of carbonyl (C=O) groups is 1. The second-order valence-corrected chi connectivity index (χ2v) is 8.22. The topological polar surface area (TPSA) is 77.1 Å². The molecule has 0 atom stereocenters. The Labute approximate surface area is 183 Å². The Kier molecular flexibility index (Phi) is 7.69. The fraction of sp³-hybridized carbons (Fsp3) is 0.435. The Balaban J connectivity index is 2.61. The number of halogens is 1. The summed E-state index contributed by atoms with van der Waals surface area (Å²) in [5, 5.41) is 14.8. The molecule has 0 aliphatic rings. The number of aromatic nitrogens is 2. The lowest BCUT2D eigenvalue weighted by Gasteiger charge is -2.19.